The van der Waals surface area contributed by atoms with E-state index in [0.29, 0.717) is 10.8 Å². The van der Waals surface area contributed by atoms with Crippen molar-refractivity contribution in [1.29, 1.82) is 0 Å². The molecule has 122 valence electrons. The zero-order valence-electron chi connectivity index (χ0n) is 13.1. The van der Waals surface area contributed by atoms with Gasteiger partial charge in [0.2, 0.25) is 11.8 Å². The molecule has 0 aliphatic rings. The fourth-order valence-electron chi connectivity index (χ4n) is 1.67. The van der Waals surface area contributed by atoms with Crippen LogP contribution in [0.3, 0.4) is 0 Å². The average molecular weight is 396 g/mol. The number of nitrogens with zero attached hydrogens (tertiary/aromatic N) is 1. The molecule has 7 heteroatoms. The van der Waals surface area contributed by atoms with E-state index in [1.165, 1.54) is 11.3 Å². The molecule has 0 fully saturated rings. The molecular weight excluding hydrogens is 378 g/mol. The first-order valence-corrected chi connectivity index (χ1v) is 8.72. The lowest BCUT2D eigenvalue weighted by molar-refractivity contribution is -0.123. The monoisotopic (exact) mass is 395 g/mol. The van der Waals surface area contributed by atoms with Crippen LogP contribution < -0.4 is 10.6 Å². The summed E-state index contributed by atoms with van der Waals surface area (Å²) in [6, 6.07) is 7.38. The summed E-state index contributed by atoms with van der Waals surface area (Å²) in [5.41, 5.74) is 0.872. The molecule has 5 nitrogen and oxygen atoms in total. The number of rotatable bonds is 4. The van der Waals surface area contributed by atoms with Gasteiger partial charge in [-0.05, 0) is 18.2 Å². The van der Waals surface area contributed by atoms with Gasteiger partial charge in [0.05, 0.1) is 12.1 Å². The largest absolute Gasteiger partial charge is 0.326 e. The van der Waals surface area contributed by atoms with Crippen molar-refractivity contribution in [3.05, 3.63) is 39.8 Å². The van der Waals surface area contributed by atoms with Gasteiger partial charge in [-0.1, -0.05) is 42.8 Å². The molecule has 0 saturated heterocycles. The fourth-order valence-corrected chi connectivity index (χ4v) is 2.77. The zero-order chi connectivity index (χ0) is 17.0. The van der Waals surface area contributed by atoms with E-state index in [-0.39, 0.29) is 18.2 Å². The Morgan fingerprint density at radius 3 is 2.65 bits per heavy atom. The van der Waals surface area contributed by atoms with Gasteiger partial charge in [0.1, 0.15) is 0 Å². The lowest BCUT2D eigenvalue weighted by Crippen LogP contribution is -2.27. The normalized spacial score (nSPS) is 11.1. The van der Waals surface area contributed by atoms with Gasteiger partial charge in [0.25, 0.3) is 0 Å². The summed E-state index contributed by atoms with van der Waals surface area (Å²) in [5, 5.41) is 7.86. The van der Waals surface area contributed by atoms with Crippen LogP contribution in [0, 0.1) is 5.41 Å². The van der Waals surface area contributed by atoms with E-state index in [1.807, 2.05) is 45.0 Å². The molecule has 2 rings (SSSR count). The van der Waals surface area contributed by atoms with Gasteiger partial charge in [-0.25, -0.2) is 4.98 Å². The minimum atomic E-state index is -0.482. The molecule has 0 aliphatic heterocycles. The van der Waals surface area contributed by atoms with Crippen molar-refractivity contribution in [2.45, 2.75) is 27.2 Å². The molecule has 2 aromatic rings. The Kier molecular flexibility index (Phi) is 5.54. The first-order chi connectivity index (χ1) is 10.7. The third-order valence-electron chi connectivity index (χ3n) is 2.90. The minimum absolute atomic E-state index is 0.100. The third-order valence-corrected chi connectivity index (χ3v) is 4.20. The Morgan fingerprint density at radius 1 is 1.26 bits per heavy atom. The number of halogens is 1. The second kappa shape index (κ2) is 7.23. The highest BCUT2D eigenvalue weighted by Gasteiger charge is 2.22. The fraction of sp³-hybridized carbons (Fsp3) is 0.312. The molecule has 1 aromatic carbocycles. The summed E-state index contributed by atoms with van der Waals surface area (Å²) < 4.78 is 0.899. The molecule has 2 N–H and O–H groups in total. The van der Waals surface area contributed by atoms with Crippen LogP contribution in [0.4, 0.5) is 10.8 Å². The first-order valence-electron chi connectivity index (χ1n) is 7.05. The number of amides is 2. The minimum Gasteiger partial charge on any atom is -0.326 e. The summed E-state index contributed by atoms with van der Waals surface area (Å²) in [5.74, 6) is -0.251. The number of anilines is 2. The van der Waals surface area contributed by atoms with E-state index in [9.17, 15) is 9.59 Å². The van der Waals surface area contributed by atoms with E-state index >= 15 is 0 Å². The number of hydrogen-bond acceptors (Lipinski definition) is 4. The molecule has 0 unspecified atom stereocenters. The van der Waals surface area contributed by atoms with Crippen molar-refractivity contribution >= 4 is 49.9 Å². The quantitative estimate of drug-likeness (QED) is 0.819. The van der Waals surface area contributed by atoms with Crippen molar-refractivity contribution in [2.75, 3.05) is 10.6 Å². The van der Waals surface area contributed by atoms with Crippen LogP contribution in [0.2, 0.25) is 0 Å². The molecule has 0 atom stereocenters. The molecule has 2 amide bonds. The maximum Gasteiger partial charge on any atom is 0.231 e. The Balaban J connectivity index is 1.93. The molecule has 0 bridgehead atoms. The number of aromatic nitrogens is 1. The second-order valence-corrected chi connectivity index (χ2v) is 7.86. The number of carbonyl (C=O) groups is 2. The molecular formula is C16H18BrN3O2S. The zero-order valence-corrected chi connectivity index (χ0v) is 15.5. The van der Waals surface area contributed by atoms with Gasteiger partial charge >= 0.3 is 0 Å². The van der Waals surface area contributed by atoms with Gasteiger partial charge in [-0.3, -0.25) is 9.59 Å². The van der Waals surface area contributed by atoms with Crippen molar-refractivity contribution in [1.82, 2.24) is 4.98 Å². The van der Waals surface area contributed by atoms with Gasteiger partial charge in [-0.15, -0.1) is 11.3 Å². The van der Waals surface area contributed by atoms with Crippen LogP contribution in [0.5, 0.6) is 0 Å². The summed E-state index contributed by atoms with van der Waals surface area (Å²) >= 11 is 4.67. The van der Waals surface area contributed by atoms with E-state index < -0.39 is 5.41 Å². The number of carbonyl (C=O) groups excluding carboxylic acids is 2. The van der Waals surface area contributed by atoms with Crippen LogP contribution in [0.1, 0.15) is 26.5 Å². The molecule has 1 aromatic heterocycles. The highest BCUT2D eigenvalue weighted by Crippen LogP contribution is 2.21. The molecule has 0 spiro atoms. The van der Waals surface area contributed by atoms with Gasteiger partial charge in [-0.2, -0.15) is 0 Å². The standard InChI is InChI=1S/C16H18BrN3O2S/c1-16(2,3)14(22)20-15-19-12(9-23-15)8-13(21)18-11-6-4-5-10(17)7-11/h4-7,9H,8H2,1-3H3,(H,18,21)(H,19,20,22). The molecule has 0 radical (unpaired) electrons. The predicted molar refractivity (Wildman–Crippen MR) is 96.7 cm³/mol. The van der Waals surface area contributed by atoms with Crippen LogP contribution in [0.15, 0.2) is 34.1 Å². The van der Waals surface area contributed by atoms with E-state index in [2.05, 4.69) is 31.5 Å². The van der Waals surface area contributed by atoms with E-state index in [0.717, 1.165) is 10.2 Å². The van der Waals surface area contributed by atoms with Crippen LogP contribution >= 0.6 is 27.3 Å². The molecule has 0 aliphatic carbocycles. The SMILES string of the molecule is CC(C)(C)C(=O)Nc1nc(CC(=O)Nc2cccc(Br)c2)cs1. The summed E-state index contributed by atoms with van der Waals surface area (Å²) in [7, 11) is 0. The highest BCUT2D eigenvalue weighted by molar-refractivity contribution is 9.10. The number of nitrogens with one attached hydrogen (secondary N) is 2. The Bertz CT molecular complexity index is 722. The lowest BCUT2D eigenvalue weighted by Gasteiger charge is -2.15. The second-order valence-electron chi connectivity index (χ2n) is 6.08. The Hall–Kier alpha value is -1.73. The van der Waals surface area contributed by atoms with Crippen molar-refractivity contribution < 1.29 is 9.59 Å². The lowest BCUT2D eigenvalue weighted by atomic mass is 9.96. The van der Waals surface area contributed by atoms with Gasteiger partial charge in [0, 0.05) is 21.0 Å². The Labute approximate surface area is 147 Å². The van der Waals surface area contributed by atoms with Crippen LogP contribution in [0.25, 0.3) is 0 Å². The topological polar surface area (TPSA) is 71.1 Å². The third kappa shape index (κ3) is 5.44. The highest BCUT2D eigenvalue weighted by atomic mass is 79.9. The average Bonchev–Trinajstić information content (AvgIpc) is 2.84. The number of thiazole rings is 1. The number of hydrogen-bond donors (Lipinski definition) is 2. The molecule has 1 heterocycles. The van der Waals surface area contributed by atoms with Gasteiger partial charge in [0.15, 0.2) is 5.13 Å². The van der Waals surface area contributed by atoms with E-state index in [1.54, 1.807) is 5.38 Å². The molecule has 0 saturated carbocycles. The van der Waals surface area contributed by atoms with Crippen LogP contribution in [-0.2, 0) is 16.0 Å². The Morgan fingerprint density at radius 2 is 2.00 bits per heavy atom. The summed E-state index contributed by atoms with van der Waals surface area (Å²) in [4.78, 5) is 28.2. The smallest absolute Gasteiger partial charge is 0.231 e. The van der Waals surface area contributed by atoms with Crippen molar-refractivity contribution in [3.8, 4) is 0 Å². The van der Waals surface area contributed by atoms with Crippen molar-refractivity contribution in [2.24, 2.45) is 5.41 Å². The predicted octanol–water partition coefficient (Wildman–Crippen LogP) is 4.07. The number of benzene rings is 1. The molecule has 23 heavy (non-hydrogen) atoms. The maximum atomic E-state index is 12.0. The van der Waals surface area contributed by atoms with Gasteiger partial charge < -0.3 is 10.6 Å². The maximum absolute atomic E-state index is 12.0. The van der Waals surface area contributed by atoms with Crippen LogP contribution in [-0.4, -0.2) is 16.8 Å². The first kappa shape index (κ1) is 17.6. The summed E-state index contributed by atoms with van der Waals surface area (Å²) in [6.45, 7) is 5.51. The summed E-state index contributed by atoms with van der Waals surface area (Å²) in [6.07, 6.45) is 0.161. The van der Waals surface area contributed by atoms with Crippen molar-refractivity contribution in [3.63, 3.8) is 0 Å². The van der Waals surface area contributed by atoms with E-state index in [4.69, 9.17) is 0 Å².